The van der Waals surface area contributed by atoms with Gasteiger partial charge in [0.1, 0.15) is 18.4 Å². The molecule has 2 fully saturated rings. The number of morpholine rings is 1. The van der Waals surface area contributed by atoms with E-state index < -0.39 is 18.1 Å². The summed E-state index contributed by atoms with van der Waals surface area (Å²) in [4.78, 5) is 50.5. The third kappa shape index (κ3) is 5.26. The van der Waals surface area contributed by atoms with E-state index in [9.17, 15) is 19.3 Å². The molecule has 0 saturated carbocycles. The predicted molar refractivity (Wildman–Crippen MR) is 120 cm³/mol. The number of hydrogen-bond acceptors (Lipinski definition) is 8. The van der Waals surface area contributed by atoms with Gasteiger partial charge in [0.25, 0.3) is 5.91 Å². The monoisotopic (exact) mass is 448 g/mol. The van der Waals surface area contributed by atoms with Crippen molar-refractivity contribution in [1.82, 2.24) is 4.81 Å². The number of esters is 1. The Morgan fingerprint density at radius 3 is 2.52 bits per heavy atom. The molecule has 0 spiro atoms. The van der Waals surface area contributed by atoms with Gasteiger partial charge in [-0.25, -0.2) is 4.79 Å². The van der Waals surface area contributed by atoms with Crippen LogP contribution in [0, 0.1) is 4.91 Å². The summed E-state index contributed by atoms with van der Waals surface area (Å²) in [7, 11) is 5.99. The molecule has 0 bridgehead atoms. The van der Waals surface area contributed by atoms with Crippen LogP contribution >= 0.6 is 0 Å². The second-order valence-corrected chi connectivity index (χ2v) is 7.75. The van der Waals surface area contributed by atoms with Crippen molar-refractivity contribution in [2.24, 2.45) is 5.18 Å². The van der Waals surface area contributed by atoms with Crippen LogP contribution in [-0.4, -0.2) is 69.0 Å². The van der Waals surface area contributed by atoms with Crippen LogP contribution in [-0.2, 0) is 19.1 Å². The molecule has 0 aliphatic carbocycles. The van der Waals surface area contributed by atoms with E-state index in [-0.39, 0.29) is 42.6 Å². The number of nitrogens with one attached hydrogen (secondary N) is 1. The summed E-state index contributed by atoms with van der Waals surface area (Å²) >= 11 is 0. The first-order valence-corrected chi connectivity index (χ1v) is 10.4. The lowest BCUT2D eigenvalue weighted by molar-refractivity contribution is -0.125. The van der Waals surface area contributed by atoms with Gasteiger partial charge in [0, 0.05) is 30.9 Å². The topological polar surface area (TPSA) is 118 Å². The highest BCUT2D eigenvalue weighted by molar-refractivity contribution is 6.08. The Morgan fingerprint density at radius 1 is 1.12 bits per heavy atom. The molecule has 1 N–H and O–H groups in total. The highest BCUT2D eigenvalue weighted by Gasteiger charge is 2.36. The number of carbonyl (C=O) groups is 3. The summed E-state index contributed by atoms with van der Waals surface area (Å²) in [5, 5.41) is 5.59. The van der Waals surface area contributed by atoms with Crippen molar-refractivity contribution in [3.8, 4) is 0 Å². The van der Waals surface area contributed by atoms with E-state index in [0.717, 1.165) is 5.69 Å². The second kappa shape index (κ2) is 9.93. The van der Waals surface area contributed by atoms with Crippen LogP contribution in [0.2, 0.25) is 0 Å². The van der Waals surface area contributed by atoms with E-state index >= 15 is 0 Å². The van der Waals surface area contributed by atoms with Crippen molar-refractivity contribution >= 4 is 42.8 Å². The SMILES string of the molecule is [B]N1C[C@@H](OC(=O)c2ccc(N=O)cc2)C[C@@H]1C(=O)Nc1ccc(N2CCOCC2=O)cc1. The molecule has 33 heavy (non-hydrogen) atoms. The maximum Gasteiger partial charge on any atom is 0.338 e. The lowest BCUT2D eigenvalue weighted by Crippen LogP contribution is -2.41. The Kier molecular flexibility index (Phi) is 6.80. The molecule has 2 heterocycles. The Morgan fingerprint density at radius 2 is 1.85 bits per heavy atom. The third-order valence-corrected chi connectivity index (χ3v) is 5.52. The van der Waals surface area contributed by atoms with Gasteiger partial charge in [0.05, 0.1) is 18.2 Å². The lowest BCUT2D eigenvalue weighted by atomic mass is 10.1. The molecule has 0 aromatic heterocycles. The van der Waals surface area contributed by atoms with E-state index in [4.69, 9.17) is 17.5 Å². The van der Waals surface area contributed by atoms with Crippen molar-refractivity contribution in [1.29, 1.82) is 0 Å². The summed E-state index contributed by atoms with van der Waals surface area (Å²) in [5.41, 5.74) is 1.77. The third-order valence-electron chi connectivity index (χ3n) is 5.52. The minimum absolute atomic E-state index is 0.0551. The maximum atomic E-state index is 12.7. The van der Waals surface area contributed by atoms with E-state index in [2.05, 4.69) is 10.5 Å². The zero-order valence-electron chi connectivity index (χ0n) is 17.7. The van der Waals surface area contributed by atoms with E-state index in [1.54, 1.807) is 29.2 Å². The van der Waals surface area contributed by atoms with Crippen LogP contribution in [0.3, 0.4) is 0 Å². The van der Waals surface area contributed by atoms with Crippen molar-refractivity contribution < 1.29 is 23.9 Å². The minimum Gasteiger partial charge on any atom is -0.457 e. The molecule has 11 heteroatoms. The van der Waals surface area contributed by atoms with Crippen LogP contribution in [0.15, 0.2) is 53.7 Å². The van der Waals surface area contributed by atoms with Gasteiger partial charge in [-0.15, -0.1) is 4.91 Å². The van der Waals surface area contributed by atoms with Crippen molar-refractivity contribution in [2.45, 2.75) is 18.6 Å². The molecule has 10 nitrogen and oxygen atoms in total. The van der Waals surface area contributed by atoms with Gasteiger partial charge in [0.2, 0.25) is 5.91 Å². The standard InChI is InChI=1S/C22H21BN4O6/c23-27-12-18(33-22(30)14-1-3-16(25-31)4-2-14)11-19(27)21(29)24-15-5-7-17(8-6-15)26-9-10-32-13-20(26)28/h1-8,18-19H,9-13H2,(H,24,29)/t18-,19+/m0/s1. The molecule has 2 aliphatic rings. The number of hydrogen-bond donors (Lipinski definition) is 1. The molecular formula is C22H21BN4O6. The Bertz CT molecular complexity index is 1050. The van der Waals surface area contributed by atoms with Crippen molar-refractivity contribution in [2.75, 3.05) is 36.5 Å². The average Bonchev–Trinajstić information content (AvgIpc) is 3.20. The lowest BCUT2D eigenvalue weighted by Gasteiger charge is -2.27. The summed E-state index contributed by atoms with van der Waals surface area (Å²) < 4.78 is 10.6. The molecule has 4 rings (SSSR count). The molecule has 2 atom stereocenters. The van der Waals surface area contributed by atoms with Crippen molar-refractivity contribution in [3.05, 3.63) is 59.0 Å². The molecular weight excluding hydrogens is 427 g/mol. The van der Waals surface area contributed by atoms with Crippen LogP contribution in [0.4, 0.5) is 17.1 Å². The maximum absolute atomic E-state index is 12.7. The van der Waals surface area contributed by atoms with Gasteiger partial charge in [-0.05, 0) is 53.7 Å². The molecule has 2 aliphatic heterocycles. The van der Waals surface area contributed by atoms with Gasteiger partial charge >= 0.3 is 5.97 Å². The number of rotatable bonds is 6. The summed E-state index contributed by atoms with van der Waals surface area (Å²) in [6.45, 7) is 1.22. The van der Waals surface area contributed by atoms with Gasteiger partial charge in [-0.3, -0.25) is 9.59 Å². The van der Waals surface area contributed by atoms with Crippen LogP contribution < -0.4 is 10.2 Å². The van der Waals surface area contributed by atoms with Gasteiger partial charge < -0.3 is 24.5 Å². The Hall–Kier alpha value is -3.57. The van der Waals surface area contributed by atoms with Crippen LogP contribution in [0.25, 0.3) is 0 Å². The van der Waals surface area contributed by atoms with E-state index in [1.165, 1.54) is 29.1 Å². The fourth-order valence-corrected chi connectivity index (χ4v) is 3.78. The fourth-order valence-electron chi connectivity index (χ4n) is 3.78. The second-order valence-electron chi connectivity index (χ2n) is 7.75. The highest BCUT2D eigenvalue weighted by atomic mass is 16.5. The first-order chi connectivity index (χ1) is 15.9. The normalized spacial score (nSPS) is 21.0. The largest absolute Gasteiger partial charge is 0.457 e. The summed E-state index contributed by atoms with van der Waals surface area (Å²) in [5.74, 6) is -1.01. The molecule has 0 unspecified atom stereocenters. The molecule has 2 radical (unpaired) electrons. The first kappa shape index (κ1) is 22.6. The highest BCUT2D eigenvalue weighted by Crippen LogP contribution is 2.23. The fraction of sp³-hybridized carbons (Fsp3) is 0.318. The van der Waals surface area contributed by atoms with Gasteiger partial charge in [-0.2, -0.15) is 0 Å². The Balaban J connectivity index is 1.32. The summed E-state index contributed by atoms with van der Waals surface area (Å²) in [6, 6.07) is 12.0. The van der Waals surface area contributed by atoms with Gasteiger partial charge in [-0.1, -0.05) is 0 Å². The average molecular weight is 448 g/mol. The van der Waals surface area contributed by atoms with Gasteiger partial charge in [0.15, 0.2) is 7.98 Å². The molecule has 2 aromatic rings. The number of anilines is 2. The first-order valence-electron chi connectivity index (χ1n) is 10.4. The van der Waals surface area contributed by atoms with Crippen molar-refractivity contribution in [3.63, 3.8) is 0 Å². The predicted octanol–water partition coefficient (Wildman–Crippen LogP) is 1.77. The molecule has 168 valence electrons. The van der Waals surface area contributed by atoms with Crippen LogP contribution in [0.5, 0.6) is 0 Å². The number of nitrogens with zero attached hydrogens (tertiary/aromatic N) is 3. The van der Waals surface area contributed by atoms with E-state index in [1.807, 2.05) is 0 Å². The summed E-state index contributed by atoms with van der Waals surface area (Å²) in [6.07, 6.45) is -0.320. The molecule has 2 saturated heterocycles. The molecule has 2 aromatic carbocycles. The number of carbonyl (C=O) groups excluding carboxylic acids is 3. The number of benzene rings is 2. The Labute approximate surface area is 191 Å². The van der Waals surface area contributed by atoms with E-state index in [0.29, 0.717) is 18.8 Å². The zero-order valence-corrected chi connectivity index (χ0v) is 17.7. The number of amides is 2. The molecule has 2 amide bonds. The zero-order chi connectivity index (χ0) is 23.4. The smallest absolute Gasteiger partial charge is 0.338 e. The van der Waals surface area contributed by atoms with Crippen LogP contribution in [0.1, 0.15) is 16.8 Å². The number of nitroso groups, excluding NO2 is 1. The number of ether oxygens (including phenoxy) is 2. The minimum atomic E-state index is -0.676. The quantitative estimate of drug-likeness (QED) is 0.407.